The van der Waals surface area contributed by atoms with E-state index < -0.39 is 0 Å². The highest BCUT2D eigenvalue weighted by molar-refractivity contribution is 5.40. The second kappa shape index (κ2) is 4.45. The maximum atomic E-state index is 3.98. The molecule has 11 heavy (non-hydrogen) atoms. The average molecular weight is 145 g/mol. The average Bonchev–Trinajstić information content (AvgIpc) is 2.92. The van der Waals surface area contributed by atoms with Gasteiger partial charge in [0.25, 0.3) is 0 Å². The summed E-state index contributed by atoms with van der Waals surface area (Å²) in [6, 6.07) is 5.73. The molecule has 0 N–H and O–H groups in total. The Hall–Kier alpha value is -1.37. The first kappa shape index (κ1) is 7.73. The van der Waals surface area contributed by atoms with Crippen molar-refractivity contribution in [2.24, 2.45) is 0 Å². The predicted octanol–water partition coefficient (Wildman–Crippen LogP) is 2.67. The van der Waals surface area contributed by atoms with Crippen LogP contribution in [-0.2, 0) is 0 Å². The minimum atomic E-state index is 0.924. The van der Waals surface area contributed by atoms with E-state index in [0.717, 1.165) is 5.69 Å². The Balaban J connectivity index is 0.000000167. The number of pyridine rings is 1. The fourth-order valence-electron chi connectivity index (χ4n) is 0.497. The quantitative estimate of drug-likeness (QED) is 0.553. The zero-order valence-electron chi connectivity index (χ0n) is 6.40. The lowest BCUT2D eigenvalue weighted by molar-refractivity contribution is 1.30. The number of aromatic nitrogens is 1. The van der Waals surface area contributed by atoms with Gasteiger partial charge in [-0.15, -0.1) is 0 Å². The third-order valence-corrected chi connectivity index (χ3v) is 1.13. The van der Waals surface area contributed by atoms with Gasteiger partial charge in [-0.05, 0) is 24.6 Å². The lowest BCUT2D eigenvalue weighted by Crippen LogP contribution is -1.73. The SMILES string of the molecule is C1=CC1.C=Cc1ccccn1. The van der Waals surface area contributed by atoms with Gasteiger partial charge >= 0.3 is 0 Å². The van der Waals surface area contributed by atoms with Crippen LogP contribution in [0.25, 0.3) is 6.08 Å². The van der Waals surface area contributed by atoms with Crippen molar-refractivity contribution in [3.63, 3.8) is 0 Å². The Morgan fingerprint density at radius 3 is 2.36 bits per heavy atom. The van der Waals surface area contributed by atoms with Crippen molar-refractivity contribution in [3.8, 4) is 0 Å². The Morgan fingerprint density at radius 2 is 2.09 bits per heavy atom. The Labute approximate surface area is 67.1 Å². The first-order valence-electron chi connectivity index (χ1n) is 3.62. The van der Waals surface area contributed by atoms with Crippen LogP contribution in [0.4, 0.5) is 0 Å². The molecule has 0 fully saturated rings. The van der Waals surface area contributed by atoms with E-state index in [2.05, 4.69) is 23.7 Å². The van der Waals surface area contributed by atoms with Crippen LogP contribution < -0.4 is 0 Å². The molecule has 1 aliphatic rings. The fourth-order valence-corrected chi connectivity index (χ4v) is 0.497. The molecule has 0 aliphatic heterocycles. The fraction of sp³-hybridized carbons (Fsp3) is 0.100. The van der Waals surface area contributed by atoms with Gasteiger partial charge in [0.1, 0.15) is 0 Å². The van der Waals surface area contributed by atoms with E-state index in [-0.39, 0.29) is 0 Å². The van der Waals surface area contributed by atoms with Gasteiger partial charge in [-0.2, -0.15) is 0 Å². The summed E-state index contributed by atoms with van der Waals surface area (Å²) < 4.78 is 0. The molecule has 56 valence electrons. The van der Waals surface area contributed by atoms with Gasteiger partial charge in [0, 0.05) is 6.20 Å². The number of rotatable bonds is 1. The monoisotopic (exact) mass is 145 g/mol. The van der Waals surface area contributed by atoms with Crippen LogP contribution in [0.15, 0.2) is 43.1 Å². The van der Waals surface area contributed by atoms with Gasteiger partial charge < -0.3 is 0 Å². The van der Waals surface area contributed by atoms with Gasteiger partial charge in [0.15, 0.2) is 0 Å². The number of nitrogens with zero attached hydrogens (tertiary/aromatic N) is 1. The molecule has 2 rings (SSSR count). The maximum absolute atomic E-state index is 3.98. The summed E-state index contributed by atoms with van der Waals surface area (Å²) in [5.74, 6) is 0. The van der Waals surface area contributed by atoms with Gasteiger partial charge in [-0.3, -0.25) is 4.98 Å². The van der Waals surface area contributed by atoms with Crippen LogP contribution >= 0.6 is 0 Å². The molecule has 0 aromatic carbocycles. The van der Waals surface area contributed by atoms with Crippen molar-refractivity contribution >= 4 is 6.08 Å². The van der Waals surface area contributed by atoms with Crippen molar-refractivity contribution in [2.45, 2.75) is 6.42 Å². The predicted molar refractivity (Wildman–Crippen MR) is 48.1 cm³/mol. The summed E-state index contributed by atoms with van der Waals surface area (Å²) in [6.07, 6.45) is 8.97. The first-order valence-corrected chi connectivity index (χ1v) is 3.62. The van der Waals surface area contributed by atoms with E-state index in [1.807, 2.05) is 18.2 Å². The molecule has 0 atom stereocenters. The third kappa shape index (κ3) is 4.09. The number of hydrogen-bond acceptors (Lipinski definition) is 1. The molecule has 1 aliphatic carbocycles. The van der Waals surface area contributed by atoms with Crippen LogP contribution in [0, 0.1) is 0 Å². The first-order chi connectivity index (χ1) is 5.43. The minimum Gasteiger partial charge on any atom is -0.257 e. The van der Waals surface area contributed by atoms with E-state index in [9.17, 15) is 0 Å². The highest BCUT2D eigenvalue weighted by Crippen LogP contribution is 1.96. The third-order valence-electron chi connectivity index (χ3n) is 1.13. The molecular formula is C10H11N. The largest absolute Gasteiger partial charge is 0.257 e. The van der Waals surface area contributed by atoms with Gasteiger partial charge in [-0.25, -0.2) is 0 Å². The molecule has 1 heterocycles. The zero-order valence-corrected chi connectivity index (χ0v) is 6.40. The Kier molecular flexibility index (Phi) is 3.13. The van der Waals surface area contributed by atoms with E-state index >= 15 is 0 Å². The lowest BCUT2D eigenvalue weighted by atomic mass is 10.4. The molecule has 0 spiro atoms. The molecule has 0 unspecified atom stereocenters. The second-order valence-electron chi connectivity index (χ2n) is 2.17. The molecule has 0 bridgehead atoms. The van der Waals surface area contributed by atoms with E-state index in [4.69, 9.17) is 0 Å². The van der Waals surface area contributed by atoms with E-state index in [0.29, 0.717) is 0 Å². The van der Waals surface area contributed by atoms with Crippen LogP contribution in [0.2, 0.25) is 0 Å². The van der Waals surface area contributed by atoms with Crippen LogP contribution in [0.5, 0.6) is 0 Å². The molecule has 1 aromatic heterocycles. The van der Waals surface area contributed by atoms with Crippen molar-refractivity contribution in [1.82, 2.24) is 4.98 Å². The second-order valence-corrected chi connectivity index (χ2v) is 2.17. The van der Waals surface area contributed by atoms with Gasteiger partial charge in [-0.1, -0.05) is 24.8 Å². The smallest absolute Gasteiger partial charge is 0.0623 e. The van der Waals surface area contributed by atoms with Crippen LogP contribution in [-0.4, -0.2) is 4.98 Å². The van der Waals surface area contributed by atoms with Crippen molar-refractivity contribution < 1.29 is 0 Å². The summed E-state index contributed by atoms with van der Waals surface area (Å²) in [4.78, 5) is 3.98. The summed E-state index contributed by atoms with van der Waals surface area (Å²) in [5.41, 5.74) is 0.924. The molecule has 1 aromatic rings. The van der Waals surface area contributed by atoms with E-state index in [1.54, 1.807) is 12.3 Å². The topological polar surface area (TPSA) is 12.9 Å². The van der Waals surface area contributed by atoms with Crippen LogP contribution in [0.3, 0.4) is 0 Å². The standard InChI is InChI=1S/C7H7N.C3H4/c1-2-7-5-3-4-6-8-7;1-2-3-1/h2-6H,1H2;1-2H,3H2. The number of allylic oxidation sites excluding steroid dienone is 2. The zero-order chi connectivity index (χ0) is 7.94. The maximum Gasteiger partial charge on any atom is 0.0623 e. The molecule has 0 saturated carbocycles. The normalized spacial score (nSPS) is 11.3. The summed E-state index contributed by atoms with van der Waals surface area (Å²) in [6.45, 7) is 3.57. The molecule has 0 amide bonds. The molecule has 1 heteroatoms. The lowest BCUT2D eigenvalue weighted by Gasteiger charge is -1.84. The van der Waals surface area contributed by atoms with E-state index in [1.165, 1.54) is 6.42 Å². The highest BCUT2D eigenvalue weighted by Gasteiger charge is 1.77. The molecule has 0 saturated heterocycles. The Morgan fingerprint density at radius 1 is 1.36 bits per heavy atom. The van der Waals surface area contributed by atoms with Gasteiger partial charge in [0.05, 0.1) is 5.69 Å². The number of hydrogen-bond donors (Lipinski definition) is 0. The molecular weight excluding hydrogens is 134 g/mol. The molecule has 1 nitrogen and oxygen atoms in total. The summed E-state index contributed by atoms with van der Waals surface area (Å²) >= 11 is 0. The van der Waals surface area contributed by atoms with Crippen molar-refractivity contribution in [1.29, 1.82) is 0 Å². The molecule has 0 radical (unpaired) electrons. The summed E-state index contributed by atoms with van der Waals surface area (Å²) in [5, 5.41) is 0. The minimum absolute atomic E-state index is 0.924. The van der Waals surface area contributed by atoms with Crippen molar-refractivity contribution in [2.75, 3.05) is 0 Å². The highest BCUT2D eigenvalue weighted by atomic mass is 14.6. The van der Waals surface area contributed by atoms with Crippen molar-refractivity contribution in [3.05, 3.63) is 48.8 Å². The van der Waals surface area contributed by atoms with Crippen LogP contribution in [0.1, 0.15) is 12.1 Å². The van der Waals surface area contributed by atoms with Gasteiger partial charge in [0.2, 0.25) is 0 Å². The Bertz CT molecular complexity index is 232. The summed E-state index contributed by atoms with van der Waals surface area (Å²) in [7, 11) is 0.